The number of hydrogen-bond donors (Lipinski definition) is 1. The molecule has 14 heavy (non-hydrogen) atoms. The van der Waals surface area contributed by atoms with Crippen LogP contribution >= 0.6 is 34.7 Å². The summed E-state index contributed by atoms with van der Waals surface area (Å²) in [5.74, 6) is 0. The molecule has 1 aromatic heterocycles. The van der Waals surface area contributed by atoms with Crippen molar-refractivity contribution in [3.8, 4) is 0 Å². The lowest BCUT2D eigenvalue weighted by molar-refractivity contribution is 0.283. The van der Waals surface area contributed by atoms with E-state index in [1.165, 1.54) is 4.21 Å². The van der Waals surface area contributed by atoms with E-state index in [1.807, 2.05) is 18.4 Å². The first kappa shape index (κ1) is 10.3. The second kappa shape index (κ2) is 4.11. The third kappa shape index (κ3) is 1.65. The molecule has 0 fully saturated rings. The fourth-order valence-electron chi connectivity index (χ4n) is 1.36. The monoisotopic (exact) mass is 244 g/mol. The normalized spacial score (nSPS) is 11.1. The van der Waals surface area contributed by atoms with Crippen LogP contribution in [-0.2, 0) is 6.61 Å². The van der Waals surface area contributed by atoms with Crippen molar-refractivity contribution >= 4 is 44.8 Å². The maximum Gasteiger partial charge on any atom is 0.0688 e. The molecule has 2 aromatic rings. The summed E-state index contributed by atoms with van der Waals surface area (Å²) in [6.07, 6.45) is 2.04. The molecule has 0 bridgehead atoms. The lowest BCUT2D eigenvalue weighted by Gasteiger charge is -1.99. The van der Waals surface area contributed by atoms with Crippen molar-refractivity contribution in [3.63, 3.8) is 0 Å². The fourth-order valence-corrected chi connectivity index (χ4v) is 3.31. The van der Waals surface area contributed by atoms with Crippen molar-refractivity contribution in [1.82, 2.24) is 0 Å². The Morgan fingerprint density at radius 1 is 1.50 bits per heavy atom. The summed E-state index contributed by atoms with van der Waals surface area (Å²) in [6.45, 7) is 0.0677. The van der Waals surface area contributed by atoms with E-state index in [0.717, 1.165) is 20.7 Å². The molecular formula is C10H9ClOS2. The molecule has 0 aliphatic heterocycles. The largest absolute Gasteiger partial charge is 0.392 e. The van der Waals surface area contributed by atoms with Gasteiger partial charge < -0.3 is 5.11 Å². The van der Waals surface area contributed by atoms with Gasteiger partial charge in [-0.05, 0) is 24.0 Å². The maximum absolute atomic E-state index is 9.16. The number of benzene rings is 1. The van der Waals surface area contributed by atoms with Crippen LogP contribution in [-0.4, -0.2) is 11.4 Å². The van der Waals surface area contributed by atoms with Crippen LogP contribution in [0.1, 0.15) is 5.56 Å². The highest BCUT2D eigenvalue weighted by Crippen LogP contribution is 2.37. The van der Waals surface area contributed by atoms with Crippen molar-refractivity contribution < 1.29 is 5.11 Å². The number of aliphatic hydroxyl groups is 1. The zero-order valence-corrected chi connectivity index (χ0v) is 9.97. The van der Waals surface area contributed by atoms with Crippen molar-refractivity contribution in [2.75, 3.05) is 6.26 Å². The van der Waals surface area contributed by atoms with Gasteiger partial charge in [0.25, 0.3) is 0 Å². The molecule has 74 valence electrons. The van der Waals surface area contributed by atoms with Crippen molar-refractivity contribution in [3.05, 3.63) is 28.8 Å². The van der Waals surface area contributed by atoms with E-state index in [-0.39, 0.29) is 6.61 Å². The minimum atomic E-state index is 0.0677. The number of thiophene rings is 1. The average molecular weight is 245 g/mol. The molecule has 0 spiro atoms. The van der Waals surface area contributed by atoms with Gasteiger partial charge in [-0.3, -0.25) is 0 Å². The van der Waals surface area contributed by atoms with Gasteiger partial charge >= 0.3 is 0 Å². The van der Waals surface area contributed by atoms with Crippen LogP contribution in [0.4, 0.5) is 0 Å². The van der Waals surface area contributed by atoms with E-state index in [1.54, 1.807) is 23.1 Å². The Hall–Kier alpha value is -0.220. The molecule has 4 heteroatoms. The van der Waals surface area contributed by atoms with E-state index in [9.17, 15) is 0 Å². The van der Waals surface area contributed by atoms with Crippen LogP contribution in [0.5, 0.6) is 0 Å². The highest BCUT2D eigenvalue weighted by atomic mass is 35.5. The summed E-state index contributed by atoms with van der Waals surface area (Å²) in [4.78, 5) is 0. The molecule has 1 aromatic carbocycles. The van der Waals surface area contributed by atoms with Gasteiger partial charge in [-0.1, -0.05) is 17.7 Å². The Morgan fingerprint density at radius 2 is 2.29 bits per heavy atom. The third-order valence-corrected chi connectivity index (χ3v) is 4.73. The SMILES string of the molecule is CSc1cc2c(CO)ccc(Cl)c2s1. The maximum atomic E-state index is 9.16. The zero-order chi connectivity index (χ0) is 10.1. The molecule has 1 nitrogen and oxygen atoms in total. The van der Waals surface area contributed by atoms with Crippen LogP contribution in [0.3, 0.4) is 0 Å². The number of halogens is 1. The molecule has 0 radical (unpaired) electrons. The predicted molar refractivity (Wildman–Crippen MR) is 64.5 cm³/mol. The minimum absolute atomic E-state index is 0.0677. The molecule has 2 rings (SSSR count). The summed E-state index contributed by atoms with van der Waals surface area (Å²) in [5.41, 5.74) is 0.945. The van der Waals surface area contributed by atoms with E-state index in [2.05, 4.69) is 6.07 Å². The summed E-state index contributed by atoms with van der Waals surface area (Å²) in [5, 5.41) is 11.0. The van der Waals surface area contributed by atoms with Crippen molar-refractivity contribution in [1.29, 1.82) is 0 Å². The number of aliphatic hydroxyl groups excluding tert-OH is 1. The van der Waals surface area contributed by atoms with Crippen LogP contribution < -0.4 is 0 Å². The van der Waals surface area contributed by atoms with Gasteiger partial charge in [-0.25, -0.2) is 0 Å². The van der Waals surface area contributed by atoms with Gasteiger partial charge in [0.1, 0.15) is 0 Å². The third-order valence-electron chi connectivity index (χ3n) is 2.07. The fraction of sp³-hybridized carbons (Fsp3) is 0.200. The summed E-state index contributed by atoms with van der Waals surface area (Å²) < 4.78 is 2.30. The molecule has 0 atom stereocenters. The van der Waals surface area contributed by atoms with Crippen LogP contribution in [0.15, 0.2) is 22.4 Å². The van der Waals surface area contributed by atoms with Crippen molar-refractivity contribution in [2.24, 2.45) is 0 Å². The van der Waals surface area contributed by atoms with Gasteiger partial charge in [0.15, 0.2) is 0 Å². The Kier molecular flexibility index (Phi) is 3.02. The molecule has 0 saturated carbocycles. The first-order chi connectivity index (χ1) is 6.76. The smallest absolute Gasteiger partial charge is 0.0688 e. The Labute approximate surface area is 95.7 Å². The van der Waals surface area contributed by atoms with Gasteiger partial charge in [-0.15, -0.1) is 23.1 Å². The molecule has 0 amide bonds. The number of hydrogen-bond acceptors (Lipinski definition) is 3. The van der Waals surface area contributed by atoms with E-state index >= 15 is 0 Å². The molecule has 1 N–H and O–H groups in total. The molecular weight excluding hydrogens is 236 g/mol. The summed E-state index contributed by atoms with van der Waals surface area (Å²) in [7, 11) is 0. The number of rotatable bonds is 2. The lowest BCUT2D eigenvalue weighted by Crippen LogP contribution is -1.82. The summed E-state index contributed by atoms with van der Waals surface area (Å²) in [6, 6.07) is 5.81. The Balaban J connectivity index is 2.74. The quantitative estimate of drug-likeness (QED) is 0.812. The van der Waals surface area contributed by atoms with Gasteiger partial charge in [-0.2, -0.15) is 0 Å². The standard InChI is InChI=1S/C10H9ClOS2/c1-13-9-4-7-6(5-12)2-3-8(11)10(7)14-9/h2-4,12H,5H2,1H3. The zero-order valence-electron chi connectivity index (χ0n) is 7.58. The molecule has 0 saturated heterocycles. The second-order valence-corrected chi connectivity index (χ2v) is 5.44. The van der Waals surface area contributed by atoms with Gasteiger partial charge in [0.2, 0.25) is 0 Å². The average Bonchev–Trinajstić information content (AvgIpc) is 2.63. The van der Waals surface area contributed by atoms with E-state index in [4.69, 9.17) is 16.7 Å². The minimum Gasteiger partial charge on any atom is -0.392 e. The van der Waals surface area contributed by atoms with E-state index in [0.29, 0.717) is 0 Å². The highest BCUT2D eigenvalue weighted by Gasteiger charge is 2.08. The number of fused-ring (bicyclic) bond motifs is 1. The van der Waals surface area contributed by atoms with Crippen LogP contribution in [0.2, 0.25) is 5.02 Å². The first-order valence-corrected chi connectivity index (χ1v) is 6.54. The Morgan fingerprint density at radius 3 is 2.93 bits per heavy atom. The van der Waals surface area contributed by atoms with Crippen LogP contribution in [0, 0.1) is 0 Å². The lowest BCUT2D eigenvalue weighted by atomic mass is 10.1. The summed E-state index contributed by atoms with van der Waals surface area (Å²) >= 11 is 9.45. The highest BCUT2D eigenvalue weighted by molar-refractivity contribution is 8.00. The number of thioether (sulfide) groups is 1. The molecule has 0 unspecified atom stereocenters. The molecule has 0 aliphatic rings. The Bertz CT molecular complexity index is 464. The molecule has 1 heterocycles. The molecule has 0 aliphatic carbocycles. The van der Waals surface area contributed by atoms with E-state index < -0.39 is 0 Å². The topological polar surface area (TPSA) is 20.2 Å². The van der Waals surface area contributed by atoms with Gasteiger partial charge in [0.05, 0.1) is 20.5 Å². The second-order valence-electron chi connectivity index (χ2n) is 2.88. The first-order valence-electron chi connectivity index (χ1n) is 4.12. The predicted octanol–water partition coefficient (Wildman–Crippen LogP) is 3.77. The van der Waals surface area contributed by atoms with Gasteiger partial charge in [0, 0.05) is 5.39 Å². The van der Waals surface area contributed by atoms with Crippen LogP contribution in [0.25, 0.3) is 10.1 Å². The van der Waals surface area contributed by atoms with Crippen molar-refractivity contribution in [2.45, 2.75) is 10.8 Å².